The second kappa shape index (κ2) is 17.8. The molecule has 0 spiro atoms. The van der Waals surface area contributed by atoms with E-state index in [-0.39, 0.29) is 0 Å². The molecule has 0 radical (unpaired) electrons. The lowest BCUT2D eigenvalue weighted by molar-refractivity contribution is 0.400. The summed E-state index contributed by atoms with van der Waals surface area (Å²) in [7, 11) is 0. The first-order valence-corrected chi connectivity index (χ1v) is 13.6. The third-order valence-corrected chi connectivity index (χ3v) is 6.98. The predicted octanol–water partition coefficient (Wildman–Crippen LogP) is 9.86. The smallest absolute Gasteiger partial charge is 0.112 e. The molecule has 1 aromatic heterocycles. The van der Waals surface area contributed by atoms with Gasteiger partial charge in [-0.25, -0.2) is 4.98 Å². The molecule has 0 aliphatic carbocycles. The number of rotatable bonds is 20. The largest absolute Gasteiger partial charge is 0.332 e. The van der Waals surface area contributed by atoms with Crippen LogP contribution in [0.2, 0.25) is 0 Å². The van der Waals surface area contributed by atoms with E-state index < -0.39 is 0 Å². The Labute approximate surface area is 189 Å². The molecule has 0 aliphatic rings. The molecule has 1 rings (SSSR count). The minimum Gasteiger partial charge on any atom is -0.332 e. The molecular weight excluding hydrogens is 364 g/mol. The van der Waals surface area contributed by atoms with Crippen LogP contribution in [0, 0.1) is 5.92 Å². The molecule has 2 nitrogen and oxygen atoms in total. The number of unbranched alkanes of at least 4 members (excludes halogenated alkanes) is 14. The van der Waals surface area contributed by atoms with Crippen LogP contribution in [-0.2, 0) is 0 Å². The summed E-state index contributed by atoms with van der Waals surface area (Å²) in [5, 5.41) is 0. The summed E-state index contributed by atoms with van der Waals surface area (Å²) < 4.78 is 2.46. The van der Waals surface area contributed by atoms with Crippen LogP contribution in [0.4, 0.5) is 0 Å². The summed E-state index contributed by atoms with van der Waals surface area (Å²) >= 11 is 0. The van der Waals surface area contributed by atoms with Gasteiger partial charge in [-0.15, -0.1) is 0 Å². The minimum absolute atomic E-state index is 0.581. The summed E-state index contributed by atoms with van der Waals surface area (Å²) in [6, 6.07) is 0.581. The Bertz CT molecular complexity index is 491. The molecule has 2 unspecified atom stereocenters. The highest BCUT2D eigenvalue weighted by molar-refractivity contribution is 5.03. The van der Waals surface area contributed by atoms with Crippen LogP contribution in [-0.4, -0.2) is 9.55 Å². The monoisotopic (exact) mass is 418 g/mol. The Balaban J connectivity index is 2.00. The quantitative estimate of drug-likeness (QED) is 0.193. The van der Waals surface area contributed by atoms with Crippen molar-refractivity contribution < 1.29 is 0 Å². The summed E-state index contributed by atoms with van der Waals surface area (Å²) in [4.78, 5) is 4.71. The van der Waals surface area contributed by atoms with Crippen LogP contribution in [0.3, 0.4) is 0 Å². The summed E-state index contributed by atoms with van der Waals surface area (Å²) in [5.74, 6) is 2.55. The van der Waals surface area contributed by atoms with Crippen molar-refractivity contribution in [3.8, 4) is 0 Å². The van der Waals surface area contributed by atoms with E-state index in [4.69, 9.17) is 4.98 Å². The fourth-order valence-corrected chi connectivity index (χ4v) is 4.89. The lowest BCUT2D eigenvalue weighted by Gasteiger charge is -2.23. The first-order valence-electron chi connectivity index (χ1n) is 13.6. The Kier molecular flexibility index (Phi) is 16.2. The molecule has 0 saturated heterocycles. The summed E-state index contributed by atoms with van der Waals surface area (Å²) in [5.41, 5.74) is 0. The zero-order valence-corrected chi connectivity index (χ0v) is 21.3. The van der Waals surface area contributed by atoms with Gasteiger partial charge >= 0.3 is 0 Å². The molecule has 0 aromatic carbocycles. The van der Waals surface area contributed by atoms with Crippen LogP contribution in [0.1, 0.15) is 162 Å². The summed E-state index contributed by atoms with van der Waals surface area (Å²) in [6.45, 7) is 11.6. The summed E-state index contributed by atoms with van der Waals surface area (Å²) in [6.07, 6.45) is 28.2. The standard InChI is InChI=1S/C28H54N2/c1-6-8-9-10-11-12-13-14-15-16-17-18-19-20-21-22-26(5)30-24-23-29-28(30)27(7-2)25(3)4/h23-27H,6-22H2,1-5H3. The number of hydrogen-bond donors (Lipinski definition) is 0. The maximum Gasteiger partial charge on any atom is 0.112 e. The van der Waals surface area contributed by atoms with Gasteiger partial charge in [-0.3, -0.25) is 0 Å². The highest BCUT2D eigenvalue weighted by Crippen LogP contribution is 2.29. The van der Waals surface area contributed by atoms with E-state index in [9.17, 15) is 0 Å². The van der Waals surface area contributed by atoms with E-state index in [2.05, 4.69) is 45.4 Å². The third-order valence-electron chi connectivity index (χ3n) is 6.98. The van der Waals surface area contributed by atoms with E-state index in [0.717, 1.165) is 0 Å². The van der Waals surface area contributed by atoms with Gasteiger partial charge in [-0.2, -0.15) is 0 Å². The molecule has 30 heavy (non-hydrogen) atoms. The normalized spacial score (nSPS) is 13.8. The second-order valence-electron chi connectivity index (χ2n) is 10.0. The van der Waals surface area contributed by atoms with Crippen LogP contribution in [0.15, 0.2) is 12.4 Å². The maximum atomic E-state index is 4.71. The lowest BCUT2D eigenvalue weighted by atomic mass is 9.92. The van der Waals surface area contributed by atoms with Gasteiger partial charge in [0.05, 0.1) is 0 Å². The Morgan fingerprint density at radius 3 is 1.60 bits per heavy atom. The van der Waals surface area contributed by atoms with Gasteiger partial charge in [0, 0.05) is 24.4 Å². The number of aromatic nitrogens is 2. The van der Waals surface area contributed by atoms with Gasteiger partial charge in [0.1, 0.15) is 5.82 Å². The molecule has 176 valence electrons. The first-order chi connectivity index (χ1) is 14.6. The van der Waals surface area contributed by atoms with Crippen molar-refractivity contribution in [2.75, 3.05) is 0 Å². The zero-order valence-electron chi connectivity index (χ0n) is 21.3. The van der Waals surface area contributed by atoms with Crippen molar-refractivity contribution in [3.05, 3.63) is 18.2 Å². The number of imidazole rings is 1. The van der Waals surface area contributed by atoms with Crippen LogP contribution < -0.4 is 0 Å². The Morgan fingerprint density at radius 1 is 0.700 bits per heavy atom. The van der Waals surface area contributed by atoms with E-state index in [1.54, 1.807) is 0 Å². The second-order valence-corrected chi connectivity index (χ2v) is 10.0. The van der Waals surface area contributed by atoms with E-state index >= 15 is 0 Å². The maximum absolute atomic E-state index is 4.71. The molecular formula is C28H54N2. The van der Waals surface area contributed by atoms with E-state index in [1.807, 2.05) is 6.20 Å². The molecule has 0 fully saturated rings. The highest BCUT2D eigenvalue weighted by atomic mass is 15.1. The fraction of sp³-hybridized carbons (Fsp3) is 0.893. The van der Waals surface area contributed by atoms with Crippen molar-refractivity contribution in [2.24, 2.45) is 5.92 Å². The molecule has 2 atom stereocenters. The Morgan fingerprint density at radius 2 is 1.17 bits per heavy atom. The SMILES string of the molecule is CCCCCCCCCCCCCCCCCC(C)n1ccnc1C(CC)C(C)C. The van der Waals surface area contributed by atoms with Gasteiger partial charge in [0.25, 0.3) is 0 Å². The van der Waals surface area contributed by atoms with Crippen molar-refractivity contribution in [2.45, 2.75) is 156 Å². The molecule has 1 heterocycles. The Hall–Kier alpha value is -0.790. The average molecular weight is 419 g/mol. The minimum atomic E-state index is 0.581. The van der Waals surface area contributed by atoms with Crippen molar-refractivity contribution in [1.29, 1.82) is 0 Å². The van der Waals surface area contributed by atoms with E-state index in [0.29, 0.717) is 17.9 Å². The van der Waals surface area contributed by atoms with Crippen molar-refractivity contribution in [3.63, 3.8) is 0 Å². The average Bonchev–Trinajstić information content (AvgIpc) is 3.20. The molecule has 0 bridgehead atoms. The van der Waals surface area contributed by atoms with Gasteiger partial charge in [0.2, 0.25) is 0 Å². The van der Waals surface area contributed by atoms with Crippen LogP contribution in [0.5, 0.6) is 0 Å². The number of hydrogen-bond acceptors (Lipinski definition) is 1. The fourth-order valence-electron chi connectivity index (χ4n) is 4.89. The van der Waals surface area contributed by atoms with Crippen LogP contribution >= 0.6 is 0 Å². The lowest BCUT2D eigenvalue weighted by Crippen LogP contribution is -2.16. The van der Waals surface area contributed by atoms with Gasteiger partial charge in [-0.1, -0.05) is 124 Å². The van der Waals surface area contributed by atoms with Gasteiger partial charge in [-0.05, 0) is 25.7 Å². The topological polar surface area (TPSA) is 17.8 Å². The molecule has 0 aliphatic heterocycles. The van der Waals surface area contributed by atoms with Crippen LogP contribution in [0.25, 0.3) is 0 Å². The predicted molar refractivity (Wildman–Crippen MR) is 134 cm³/mol. The molecule has 0 amide bonds. The molecule has 2 heteroatoms. The molecule has 1 aromatic rings. The third kappa shape index (κ3) is 11.6. The van der Waals surface area contributed by atoms with Gasteiger partial charge < -0.3 is 4.57 Å². The van der Waals surface area contributed by atoms with Crippen molar-refractivity contribution in [1.82, 2.24) is 9.55 Å². The van der Waals surface area contributed by atoms with Crippen molar-refractivity contribution >= 4 is 0 Å². The zero-order chi connectivity index (χ0) is 22.0. The molecule has 0 N–H and O–H groups in total. The van der Waals surface area contributed by atoms with Gasteiger partial charge in [0.15, 0.2) is 0 Å². The highest BCUT2D eigenvalue weighted by Gasteiger charge is 2.20. The number of nitrogens with zero attached hydrogens (tertiary/aromatic N) is 2. The first kappa shape index (κ1) is 27.2. The molecule has 0 saturated carbocycles. The van der Waals surface area contributed by atoms with E-state index in [1.165, 1.54) is 115 Å².